The normalized spacial score (nSPS) is 10.8. The Bertz CT molecular complexity index is 1130. The second-order valence-corrected chi connectivity index (χ2v) is 9.23. The summed E-state index contributed by atoms with van der Waals surface area (Å²) in [5.74, 6) is 1.12. The van der Waals surface area contributed by atoms with Crippen LogP contribution >= 0.6 is 0 Å². The number of aryl methyl sites for hydroxylation is 2. The van der Waals surface area contributed by atoms with Gasteiger partial charge in [-0.25, -0.2) is 4.98 Å². The van der Waals surface area contributed by atoms with Crippen LogP contribution in [0.2, 0.25) is 0 Å². The third-order valence-corrected chi connectivity index (χ3v) is 4.94. The Hall–Kier alpha value is -3.65. The molecule has 0 atom stereocenters. The molecule has 3 N–H and O–H groups in total. The lowest BCUT2D eigenvalue weighted by atomic mass is 10.0. The number of carboxylic acid groups (broad SMARTS) is 1. The third kappa shape index (κ3) is 9.92. The number of aromatic nitrogens is 1. The first-order chi connectivity index (χ1) is 17.0. The smallest absolute Gasteiger partial charge is 0.306 e. The average molecular weight is 497 g/mol. The number of esters is 1. The fourth-order valence-corrected chi connectivity index (χ4v) is 3.38. The number of carboxylic acids is 1. The molecular weight excluding hydrogens is 460 g/mol. The second kappa shape index (κ2) is 13.4. The van der Waals surface area contributed by atoms with Crippen molar-refractivity contribution in [2.45, 2.75) is 66.0 Å². The molecule has 1 heterocycles. The predicted molar refractivity (Wildman–Crippen MR) is 138 cm³/mol. The molecule has 0 aliphatic carbocycles. The molecule has 0 radical (unpaired) electrons. The van der Waals surface area contributed by atoms with Crippen LogP contribution in [0.15, 0.2) is 52.9 Å². The summed E-state index contributed by atoms with van der Waals surface area (Å²) in [7, 11) is 0. The summed E-state index contributed by atoms with van der Waals surface area (Å²) < 4.78 is 17.1. The Morgan fingerprint density at radius 1 is 1.06 bits per heavy atom. The van der Waals surface area contributed by atoms with Gasteiger partial charge in [0.25, 0.3) is 5.97 Å². The minimum Gasteiger partial charge on any atom is -0.493 e. The minimum absolute atomic E-state index is 0.210. The van der Waals surface area contributed by atoms with Gasteiger partial charge in [-0.1, -0.05) is 24.3 Å². The molecule has 3 aromatic rings. The molecule has 8 heteroatoms. The van der Waals surface area contributed by atoms with Crippen molar-refractivity contribution >= 4 is 11.9 Å². The van der Waals surface area contributed by atoms with Gasteiger partial charge < -0.3 is 24.7 Å². The lowest BCUT2D eigenvalue weighted by molar-refractivity contribution is -0.154. The molecule has 0 fully saturated rings. The summed E-state index contributed by atoms with van der Waals surface area (Å²) in [6.45, 7) is 9.45. The van der Waals surface area contributed by atoms with Crippen molar-refractivity contribution in [2.75, 3.05) is 6.61 Å². The van der Waals surface area contributed by atoms with E-state index < -0.39 is 11.6 Å². The lowest BCUT2D eigenvalue weighted by Crippen LogP contribution is -2.24. The van der Waals surface area contributed by atoms with E-state index in [1.807, 2.05) is 76.2 Å². The molecular formula is C28H36N2O6. The van der Waals surface area contributed by atoms with E-state index in [0.717, 1.165) is 40.8 Å². The summed E-state index contributed by atoms with van der Waals surface area (Å²) in [5.41, 5.74) is 9.30. The highest BCUT2D eigenvalue weighted by molar-refractivity contribution is 5.70. The van der Waals surface area contributed by atoms with Crippen LogP contribution in [0.1, 0.15) is 56.7 Å². The summed E-state index contributed by atoms with van der Waals surface area (Å²) >= 11 is 0. The number of rotatable bonds is 9. The lowest BCUT2D eigenvalue weighted by Gasteiger charge is -2.19. The van der Waals surface area contributed by atoms with Crippen LogP contribution in [0, 0.1) is 6.92 Å². The molecule has 0 bridgehead atoms. The van der Waals surface area contributed by atoms with Crippen molar-refractivity contribution in [1.29, 1.82) is 0 Å². The summed E-state index contributed by atoms with van der Waals surface area (Å²) in [4.78, 5) is 25.6. The number of nitrogens with two attached hydrogens (primary N) is 1. The largest absolute Gasteiger partial charge is 0.493 e. The number of hydrogen-bond acceptors (Lipinski definition) is 7. The van der Waals surface area contributed by atoms with Crippen LogP contribution in [0.4, 0.5) is 0 Å². The van der Waals surface area contributed by atoms with Crippen molar-refractivity contribution in [1.82, 2.24) is 4.98 Å². The number of benzene rings is 2. The van der Waals surface area contributed by atoms with Gasteiger partial charge in [0.2, 0.25) is 5.89 Å². The Balaban J connectivity index is 0.00000106. The maximum atomic E-state index is 12.0. The molecule has 0 aliphatic heterocycles. The Labute approximate surface area is 212 Å². The van der Waals surface area contributed by atoms with E-state index >= 15 is 0 Å². The number of hydrogen-bond donors (Lipinski definition) is 2. The highest BCUT2D eigenvalue weighted by Gasteiger charge is 2.17. The van der Waals surface area contributed by atoms with Crippen LogP contribution in [0.5, 0.6) is 5.75 Å². The monoisotopic (exact) mass is 496 g/mol. The van der Waals surface area contributed by atoms with Crippen molar-refractivity contribution in [3.05, 3.63) is 71.1 Å². The molecule has 2 aromatic carbocycles. The van der Waals surface area contributed by atoms with E-state index in [4.69, 9.17) is 29.5 Å². The Morgan fingerprint density at radius 3 is 2.33 bits per heavy atom. The van der Waals surface area contributed by atoms with Gasteiger partial charge >= 0.3 is 5.97 Å². The molecule has 0 saturated heterocycles. The molecule has 8 nitrogen and oxygen atoms in total. The SMILES string of the molecule is CC(=O)O.Cc1oc(-c2ccccc2)nc1CCOc1ccc(CCC(=O)OC(C)(C)C)c(CN)c1. The topological polar surface area (TPSA) is 125 Å². The van der Waals surface area contributed by atoms with Gasteiger partial charge in [0.05, 0.1) is 12.3 Å². The van der Waals surface area contributed by atoms with Crippen LogP contribution in [0.3, 0.4) is 0 Å². The fraction of sp³-hybridized carbons (Fsp3) is 0.393. The predicted octanol–water partition coefficient (Wildman–Crippen LogP) is 5.10. The molecule has 0 spiro atoms. The molecule has 3 rings (SSSR count). The van der Waals surface area contributed by atoms with Gasteiger partial charge in [0.15, 0.2) is 0 Å². The molecule has 0 saturated carbocycles. The van der Waals surface area contributed by atoms with Crippen LogP contribution in [-0.4, -0.2) is 34.2 Å². The summed E-state index contributed by atoms with van der Waals surface area (Å²) in [5, 5.41) is 7.42. The van der Waals surface area contributed by atoms with Gasteiger partial charge in [-0.2, -0.15) is 0 Å². The van der Waals surface area contributed by atoms with Gasteiger partial charge in [-0.05, 0) is 69.5 Å². The number of carbonyl (C=O) groups excluding carboxylic acids is 1. The van der Waals surface area contributed by atoms with E-state index in [9.17, 15) is 4.79 Å². The molecule has 194 valence electrons. The number of ether oxygens (including phenoxy) is 2. The number of nitrogens with zero attached hydrogens (tertiary/aromatic N) is 1. The molecule has 36 heavy (non-hydrogen) atoms. The quantitative estimate of drug-likeness (QED) is 0.392. The first-order valence-electron chi connectivity index (χ1n) is 11.9. The summed E-state index contributed by atoms with van der Waals surface area (Å²) in [6.07, 6.45) is 1.54. The van der Waals surface area contributed by atoms with Gasteiger partial charge in [-0.3, -0.25) is 9.59 Å². The minimum atomic E-state index is -0.833. The van der Waals surface area contributed by atoms with Gasteiger partial charge in [0.1, 0.15) is 17.1 Å². The van der Waals surface area contributed by atoms with Crippen molar-refractivity contribution in [3.63, 3.8) is 0 Å². The zero-order valence-corrected chi connectivity index (χ0v) is 21.7. The van der Waals surface area contributed by atoms with Crippen LogP contribution in [-0.2, 0) is 33.7 Å². The zero-order valence-electron chi connectivity index (χ0n) is 21.7. The standard InChI is InChI=1S/C26H32N2O4.C2H4O2/c1-18-23(28-25(31-18)20-8-6-5-7-9-20)14-15-30-22-12-10-19(21(16-22)17-27)11-13-24(29)32-26(2,3)4;1-2(3)4/h5-10,12,16H,11,13-15,17,27H2,1-4H3;1H3,(H,3,4). The zero-order chi connectivity index (χ0) is 26.7. The third-order valence-electron chi connectivity index (χ3n) is 4.94. The van der Waals surface area contributed by atoms with E-state index in [1.54, 1.807) is 0 Å². The van der Waals surface area contributed by atoms with Crippen LogP contribution < -0.4 is 10.5 Å². The first-order valence-corrected chi connectivity index (χ1v) is 11.9. The Kier molecular flexibility index (Phi) is 10.7. The van der Waals surface area contributed by atoms with Gasteiger partial charge in [0, 0.05) is 31.9 Å². The maximum absolute atomic E-state index is 12.0. The van der Waals surface area contributed by atoms with E-state index in [-0.39, 0.29) is 5.97 Å². The highest BCUT2D eigenvalue weighted by atomic mass is 16.6. The molecule has 1 aromatic heterocycles. The number of aliphatic carboxylic acids is 1. The van der Waals surface area contributed by atoms with E-state index in [1.165, 1.54) is 0 Å². The number of carbonyl (C=O) groups is 2. The molecule has 0 aliphatic rings. The highest BCUT2D eigenvalue weighted by Crippen LogP contribution is 2.23. The van der Waals surface area contributed by atoms with Crippen LogP contribution in [0.25, 0.3) is 11.5 Å². The van der Waals surface area contributed by atoms with Crippen molar-refractivity contribution < 1.29 is 28.6 Å². The van der Waals surface area contributed by atoms with Gasteiger partial charge in [-0.15, -0.1) is 0 Å². The van der Waals surface area contributed by atoms with Crippen molar-refractivity contribution in [2.24, 2.45) is 5.73 Å². The number of oxazole rings is 1. The average Bonchev–Trinajstić information content (AvgIpc) is 3.17. The van der Waals surface area contributed by atoms with E-state index in [2.05, 4.69) is 4.98 Å². The first kappa shape index (κ1) is 28.6. The van der Waals surface area contributed by atoms with Crippen molar-refractivity contribution in [3.8, 4) is 17.2 Å². The summed E-state index contributed by atoms with van der Waals surface area (Å²) in [6, 6.07) is 15.7. The molecule has 0 unspecified atom stereocenters. The molecule has 0 amide bonds. The Morgan fingerprint density at radius 2 is 1.72 bits per heavy atom. The maximum Gasteiger partial charge on any atom is 0.306 e. The fourth-order valence-electron chi connectivity index (χ4n) is 3.38. The van der Waals surface area contributed by atoms with E-state index in [0.29, 0.717) is 38.3 Å². The second-order valence-electron chi connectivity index (χ2n) is 9.23.